The van der Waals surface area contributed by atoms with Crippen molar-refractivity contribution < 1.29 is 0 Å². The van der Waals surface area contributed by atoms with Crippen LogP contribution < -0.4 is 10.4 Å². The van der Waals surface area contributed by atoms with Gasteiger partial charge in [-0.3, -0.25) is 0 Å². The van der Waals surface area contributed by atoms with Crippen molar-refractivity contribution >= 4 is 32.7 Å². The lowest BCUT2D eigenvalue weighted by atomic mass is 9.76. The molecule has 0 heteroatoms. The first kappa shape index (κ1) is 35.9. The minimum absolute atomic E-state index is 0.272. The van der Waals surface area contributed by atoms with Gasteiger partial charge < -0.3 is 0 Å². The Morgan fingerprint density at radius 2 is 1.24 bits per heavy atom. The Kier molecular flexibility index (Phi) is 11.5. The third kappa shape index (κ3) is 7.57. The second-order valence-corrected chi connectivity index (χ2v) is 14.2. The van der Waals surface area contributed by atoms with E-state index in [4.69, 9.17) is 0 Å². The molecule has 6 aromatic carbocycles. The normalized spacial score (nSPS) is 15.8. The molecular weight excluding hydrogens is 613 g/mol. The zero-order valence-electron chi connectivity index (χ0n) is 31.5. The van der Waals surface area contributed by atoms with Crippen molar-refractivity contribution in [3.05, 3.63) is 179 Å². The van der Waals surface area contributed by atoms with Gasteiger partial charge in [-0.25, -0.2) is 0 Å². The maximum absolute atomic E-state index is 2.40. The summed E-state index contributed by atoms with van der Waals surface area (Å²) in [7, 11) is 0. The molecule has 258 valence electrons. The van der Waals surface area contributed by atoms with Crippen LogP contribution in [-0.2, 0) is 5.41 Å². The predicted molar refractivity (Wildman–Crippen MR) is 225 cm³/mol. The Bertz CT molecular complexity index is 2220. The predicted octanol–water partition coefficient (Wildman–Crippen LogP) is 13.0. The van der Waals surface area contributed by atoms with Crippen molar-refractivity contribution in [2.75, 3.05) is 0 Å². The van der Waals surface area contributed by atoms with Crippen molar-refractivity contribution in [2.45, 2.75) is 79.1 Å². The van der Waals surface area contributed by atoms with E-state index in [1.54, 1.807) is 0 Å². The zero-order valence-corrected chi connectivity index (χ0v) is 31.5. The fraction of sp³-hybridized carbons (Fsp3) is 0.255. The smallest absolute Gasteiger partial charge is 0.00304 e. The van der Waals surface area contributed by atoms with Gasteiger partial charge in [0.2, 0.25) is 0 Å². The standard InChI is InChI=1S/C27H28.C22H20.C2H6/c1-4-18-27(3,5-2)23-16-14-20(15-17-23)26-24-12-8-6-10-21(24)19-22-11-7-9-13-25(22)26;1-16-10-12-18(13-11-16)20-15-14-17-6-2-3-7-19(17)21-8-4-5-9-22(20)21;1-2/h6-17,19H,4-5,18H2,1-3H3;2-13,17H,14-15H2,1H3;1-2H3. The molecule has 2 aliphatic rings. The SMILES string of the molecule is CC.CCCC(C)(CC)c1ccc(-c2c3ccccc3cc3ccccc23)cc1.Cc1ccc(C2=c3ccccc3=C3C=CC=CC3CC2)cc1. The summed E-state index contributed by atoms with van der Waals surface area (Å²) in [6, 6.07) is 47.0. The Labute approximate surface area is 306 Å². The summed E-state index contributed by atoms with van der Waals surface area (Å²) < 4.78 is 0. The summed E-state index contributed by atoms with van der Waals surface area (Å²) in [4.78, 5) is 0. The van der Waals surface area contributed by atoms with Crippen molar-refractivity contribution in [1.82, 2.24) is 0 Å². The van der Waals surface area contributed by atoms with Crippen LogP contribution in [0.4, 0.5) is 0 Å². The highest BCUT2D eigenvalue weighted by Gasteiger charge is 2.23. The molecule has 0 bridgehead atoms. The molecule has 0 radical (unpaired) electrons. The van der Waals surface area contributed by atoms with Crippen LogP contribution in [0.15, 0.2) is 152 Å². The fourth-order valence-electron chi connectivity index (χ4n) is 8.05. The van der Waals surface area contributed by atoms with Gasteiger partial charge in [0.15, 0.2) is 0 Å². The van der Waals surface area contributed by atoms with Crippen LogP contribution in [-0.4, -0.2) is 0 Å². The van der Waals surface area contributed by atoms with Gasteiger partial charge in [0.05, 0.1) is 0 Å². The number of allylic oxidation sites excluding steroid dienone is 4. The van der Waals surface area contributed by atoms with Gasteiger partial charge in [-0.15, -0.1) is 0 Å². The molecule has 0 aliphatic heterocycles. The van der Waals surface area contributed by atoms with E-state index in [0.29, 0.717) is 5.92 Å². The Hall–Kier alpha value is -4.94. The maximum Gasteiger partial charge on any atom is 0.00304 e. The average molecular weight is 667 g/mol. The highest BCUT2D eigenvalue weighted by molar-refractivity contribution is 6.12. The lowest BCUT2D eigenvalue weighted by Crippen LogP contribution is -2.29. The van der Waals surface area contributed by atoms with E-state index >= 15 is 0 Å². The molecule has 0 amide bonds. The zero-order chi connectivity index (χ0) is 35.8. The second-order valence-electron chi connectivity index (χ2n) is 14.2. The number of benzene rings is 6. The van der Waals surface area contributed by atoms with Gasteiger partial charge in [-0.1, -0.05) is 192 Å². The molecule has 8 rings (SSSR count). The average Bonchev–Trinajstić information content (AvgIpc) is 3.36. The van der Waals surface area contributed by atoms with Crippen LogP contribution >= 0.6 is 0 Å². The topological polar surface area (TPSA) is 0 Å². The van der Waals surface area contributed by atoms with Crippen LogP contribution in [0.5, 0.6) is 0 Å². The number of fused-ring (bicyclic) bond motifs is 4. The molecule has 0 saturated carbocycles. The number of rotatable bonds is 6. The second kappa shape index (κ2) is 16.4. The summed E-state index contributed by atoms with van der Waals surface area (Å²) in [5.74, 6) is 0.550. The van der Waals surface area contributed by atoms with Crippen LogP contribution in [0.2, 0.25) is 0 Å². The molecule has 0 spiro atoms. The Morgan fingerprint density at radius 1 is 0.647 bits per heavy atom. The fourth-order valence-corrected chi connectivity index (χ4v) is 8.05. The van der Waals surface area contributed by atoms with E-state index in [9.17, 15) is 0 Å². The van der Waals surface area contributed by atoms with Crippen LogP contribution in [0.1, 0.15) is 83.4 Å². The number of hydrogen-bond acceptors (Lipinski definition) is 0. The molecule has 0 fully saturated rings. The van der Waals surface area contributed by atoms with Gasteiger partial charge in [0.1, 0.15) is 0 Å². The molecule has 0 nitrogen and oxygen atoms in total. The summed E-state index contributed by atoms with van der Waals surface area (Å²) in [6.45, 7) is 13.1. The highest BCUT2D eigenvalue weighted by atomic mass is 14.3. The van der Waals surface area contributed by atoms with Gasteiger partial charge in [0, 0.05) is 5.92 Å². The van der Waals surface area contributed by atoms with Gasteiger partial charge in [-0.05, 0) is 109 Å². The van der Waals surface area contributed by atoms with Crippen molar-refractivity contribution in [2.24, 2.45) is 5.92 Å². The number of hydrogen-bond donors (Lipinski definition) is 0. The van der Waals surface area contributed by atoms with Gasteiger partial charge >= 0.3 is 0 Å². The van der Waals surface area contributed by atoms with E-state index < -0.39 is 0 Å². The molecule has 0 aromatic heterocycles. The molecule has 0 saturated heterocycles. The highest BCUT2D eigenvalue weighted by Crippen LogP contribution is 2.39. The quantitative estimate of drug-likeness (QED) is 0.155. The lowest BCUT2D eigenvalue weighted by Gasteiger charge is -2.29. The number of aryl methyl sites for hydroxylation is 1. The monoisotopic (exact) mass is 666 g/mol. The summed E-state index contributed by atoms with van der Waals surface area (Å²) in [5, 5.41) is 8.08. The first-order chi connectivity index (χ1) is 25.0. The van der Waals surface area contributed by atoms with Crippen molar-refractivity contribution in [3.63, 3.8) is 0 Å². The Morgan fingerprint density at radius 3 is 1.86 bits per heavy atom. The molecule has 51 heavy (non-hydrogen) atoms. The molecular formula is C51H54. The van der Waals surface area contributed by atoms with E-state index in [1.807, 2.05) is 13.8 Å². The lowest BCUT2D eigenvalue weighted by molar-refractivity contribution is 0.414. The first-order valence-electron chi connectivity index (χ1n) is 19.2. The molecule has 0 heterocycles. The summed E-state index contributed by atoms with van der Waals surface area (Å²) in [6.07, 6.45) is 15.0. The minimum Gasteiger partial charge on any atom is -0.0770 e. The van der Waals surface area contributed by atoms with E-state index in [2.05, 4.69) is 179 Å². The molecule has 2 atom stereocenters. The van der Waals surface area contributed by atoms with Crippen LogP contribution in [0.3, 0.4) is 0 Å². The molecule has 0 N–H and O–H groups in total. The maximum atomic E-state index is 2.40. The van der Waals surface area contributed by atoms with Crippen LogP contribution in [0, 0.1) is 12.8 Å². The van der Waals surface area contributed by atoms with E-state index in [1.165, 1.54) is 96.6 Å². The van der Waals surface area contributed by atoms with E-state index in [0.717, 1.165) is 6.42 Å². The third-order valence-electron chi connectivity index (χ3n) is 11.0. The summed E-state index contributed by atoms with van der Waals surface area (Å²) >= 11 is 0. The van der Waals surface area contributed by atoms with Crippen molar-refractivity contribution in [1.29, 1.82) is 0 Å². The molecule has 6 aromatic rings. The van der Waals surface area contributed by atoms with Gasteiger partial charge in [0.25, 0.3) is 0 Å². The largest absolute Gasteiger partial charge is 0.0770 e. The van der Waals surface area contributed by atoms with Crippen molar-refractivity contribution in [3.8, 4) is 11.1 Å². The van der Waals surface area contributed by atoms with Crippen LogP contribution in [0.25, 0.3) is 43.8 Å². The van der Waals surface area contributed by atoms with E-state index in [-0.39, 0.29) is 5.41 Å². The Balaban J connectivity index is 0.000000171. The van der Waals surface area contributed by atoms with Gasteiger partial charge in [-0.2, -0.15) is 0 Å². The molecule has 2 aliphatic carbocycles. The third-order valence-corrected chi connectivity index (χ3v) is 11.0. The minimum atomic E-state index is 0.272. The summed E-state index contributed by atoms with van der Waals surface area (Å²) in [5.41, 5.74) is 10.0. The molecule has 2 unspecified atom stereocenters. The first-order valence-corrected chi connectivity index (χ1v) is 19.2.